The minimum atomic E-state index is -3.53. The Morgan fingerprint density at radius 2 is 2.12 bits per heavy atom. The molecule has 8 nitrogen and oxygen atoms in total. The van der Waals surface area contributed by atoms with Gasteiger partial charge in [0.25, 0.3) is 5.56 Å². The third kappa shape index (κ3) is 3.00. The van der Waals surface area contributed by atoms with Gasteiger partial charge in [-0.05, 0) is 12.1 Å². The standard InChI is InChI=1S/C16H18N2O6S/c1-18-16(20)12(7-17-18)14(19)10-4-5-13(25(3,21)22)15-11(10)6-9(24-15)8-23-2/h4-5,7,9,17H,6,8H2,1-3H3. The molecule has 1 atom stereocenters. The summed E-state index contributed by atoms with van der Waals surface area (Å²) in [5, 5.41) is 2.66. The van der Waals surface area contributed by atoms with E-state index in [4.69, 9.17) is 9.47 Å². The lowest BCUT2D eigenvalue weighted by molar-refractivity contribution is 0.0936. The molecule has 2 aromatic rings. The number of ether oxygens (including phenoxy) is 2. The van der Waals surface area contributed by atoms with Crippen LogP contribution in [-0.2, 0) is 28.0 Å². The molecule has 1 aliphatic heterocycles. The maximum Gasteiger partial charge on any atom is 0.277 e. The molecule has 1 unspecified atom stereocenters. The number of aromatic nitrogens is 2. The van der Waals surface area contributed by atoms with Gasteiger partial charge in [0.15, 0.2) is 9.84 Å². The van der Waals surface area contributed by atoms with Crippen LogP contribution in [0, 0.1) is 0 Å². The number of hydrogen-bond donors (Lipinski definition) is 1. The minimum Gasteiger partial charge on any atom is -0.486 e. The molecule has 0 spiro atoms. The fourth-order valence-corrected chi connectivity index (χ4v) is 3.75. The molecule has 25 heavy (non-hydrogen) atoms. The van der Waals surface area contributed by atoms with Crippen LogP contribution in [0.3, 0.4) is 0 Å². The molecule has 0 saturated heterocycles. The number of sulfone groups is 1. The molecule has 9 heteroatoms. The summed E-state index contributed by atoms with van der Waals surface area (Å²) in [4.78, 5) is 24.9. The van der Waals surface area contributed by atoms with Crippen molar-refractivity contribution in [3.63, 3.8) is 0 Å². The van der Waals surface area contributed by atoms with E-state index in [9.17, 15) is 18.0 Å². The fraction of sp³-hybridized carbons (Fsp3) is 0.375. The Kier molecular flexibility index (Phi) is 4.29. The van der Waals surface area contributed by atoms with Crippen molar-refractivity contribution in [3.05, 3.63) is 45.4 Å². The molecule has 134 valence electrons. The summed E-state index contributed by atoms with van der Waals surface area (Å²) >= 11 is 0. The van der Waals surface area contributed by atoms with Crippen LogP contribution in [0.5, 0.6) is 5.75 Å². The van der Waals surface area contributed by atoms with Gasteiger partial charge in [-0.3, -0.25) is 14.3 Å². The molecule has 0 saturated carbocycles. The Morgan fingerprint density at radius 3 is 2.68 bits per heavy atom. The zero-order valence-corrected chi connectivity index (χ0v) is 14.8. The van der Waals surface area contributed by atoms with E-state index in [0.717, 1.165) is 6.26 Å². The van der Waals surface area contributed by atoms with Crippen LogP contribution in [-0.4, -0.2) is 50.1 Å². The van der Waals surface area contributed by atoms with E-state index in [-0.39, 0.29) is 34.5 Å². The van der Waals surface area contributed by atoms with Crippen LogP contribution in [0.15, 0.2) is 28.0 Å². The molecular formula is C16H18N2O6S. The van der Waals surface area contributed by atoms with E-state index in [2.05, 4.69) is 5.10 Å². The van der Waals surface area contributed by atoms with Gasteiger partial charge in [0.05, 0.1) is 6.61 Å². The van der Waals surface area contributed by atoms with Crippen LogP contribution in [0.25, 0.3) is 0 Å². The van der Waals surface area contributed by atoms with Gasteiger partial charge < -0.3 is 14.6 Å². The molecule has 2 heterocycles. The third-order valence-electron chi connectivity index (χ3n) is 4.12. The predicted octanol–water partition coefficient (Wildman–Crippen LogP) is 0.298. The van der Waals surface area contributed by atoms with Gasteiger partial charge in [0, 0.05) is 44.2 Å². The quantitative estimate of drug-likeness (QED) is 0.763. The second-order valence-electron chi connectivity index (χ2n) is 5.97. The maximum atomic E-state index is 12.8. The van der Waals surface area contributed by atoms with Gasteiger partial charge in [-0.2, -0.15) is 0 Å². The number of aryl methyl sites for hydroxylation is 1. The SMILES string of the molecule is COCC1Cc2c(C(=O)c3c[nH]n(C)c3=O)ccc(S(C)(=O)=O)c2O1. The number of carbonyl (C=O) groups excluding carboxylic acids is 1. The summed E-state index contributed by atoms with van der Waals surface area (Å²) in [7, 11) is -0.505. The molecule has 1 aliphatic rings. The van der Waals surface area contributed by atoms with E-state index in [0.29, 0.717) is 12.0 Å². The number of ketones is 1. The molecule has 0 fully saturated rings. The van der Waals surface area contributed by atoms with Crippen molar-refractivity contribution in [1.82, 2.24) is 9.78 Å². The number of H-pyrrole nitrogens is 1. The Balaban J connectivity index is 2.14. The second-order valence-corrected chi connectivity index (χ2v) is 7.95. The molecule has 0 bridgehead atoms. The minimum absolute atomic E-state index is 0.00741. The van der Waals surface area contributed by atoms with Gasteiger partial charge in [0.2, 0.25) is 5.78 Å². The summed E-state index contributed by atoms with van der Waals surface area (Å²) in [5.74, 6) is -0.303. The summed E-state index contributed by atoms with van der Waals surface area (Å²) in [5.41, 5.74) is 0.293. The molecule has 0 aliphatic carbocycles. The van der Waals surface area contributed by atoms with E-state index in [1.807, 2.05) is 0 Å². The van der Waals surface area contributed by atoms with Gasteiger partial charge in [-0.15, -0.1) is 0 Å². The first-order valence-electron chi connectivity index (χ1n) is 7.54. The van der Waals surface area contributed by atoms with Gasteiger partial charge >= 0.3 is 0 Å². The molecule has 1 N–H and O–H groups in total. The molecule has 0 radical (unpaired) electrons. The van der Waals surface area contributed by atoms with Gasteiger partial charge in [0.1, 0.15) is 22.3 Å². The van der Waals surface area contributed by atoms with Crippen molar-refractivity contribution >= 4 is 15.6 Å². The smallest absolute Gasteiger partial charge is 0.277 e. The lowest BCUT2D eigenvalue weighted by atomic mass is 9.97. The zero-order valence-electron chi connectivity index (χ0n) is 14.0. The number of hydrogen-bond acceptors (Lipinski definition) is 6. The van der Waals surface area contributed by atoms with Crippen LogP contribution < -0.4 is 10.3 Å². The maximum absolute atomic E-state index is 12.8. The van der Waals surface area contributed by atoms with Crippen LogP contribution >= 0.6 is 0 Å². The Bertz CT molecular complexity index is 1000. The van der Waals surface area contributed by atoms with Crippen molar-refractivity contribution in [2.24, 2.45) is 7.05 Å². The van der Waals surface area contributed by atoms with E-state index in [1.54, 1.807) is 0 Å². The summed E-state index contributed by atoms with van der Waals surface area (Å²) in [6, 6.07) is 2.77. The second kappa shape index (κ2) is 6.16. The van der Waals surface area contributed by atoms with Crippen LogP contribution in [0.2, 0.25) is 0 Å². The highest BCUT2D eigenvalue weighted by Crippen LogP contribution is 2.38. The average Bonchev–Trinajstić information content (AvgIpc) is 3.09. The summed E-state index contributed by atoms with van der Waals surface area (Å²) in [6.45, 7) is 0.261. The summed E-state index contributed by atoms with van der Waals surface area (Å²) in [6.07, 6.45) is 2.37. The molecule has 3 rings (SSSR count). The average molecular weight is 366 g/mol. The van der Waals surface area contributed by atoms with Crippen molar-refractivity contribution < 1.29 is 22.7 Å². The number of fused-ring (bicyclic) bond motifs is 1. The number of nitrogens with zero attached hydrogens (tertiary/aromatic N) is 1. The molecule has 1 aromatic carbocycles. The number of nitrogens with one attached hydrogen (secondary N) is 1. The van der Waals surface area contributed by atoms with E-state index < -0.39 is 21.2 Å². The van der Waals surface area contributed by atoms with Crippen molar-refractivity contribution in [2.45, 2.75) is 17.4 Å². The first-order chi connectivity index (χ1) is 11.7. The topological polar surface area (TPSA) is 107 Å². The third-order valence-corrected chi connectivity index (χ3v) is 5.24. The van der Waals surface area contributed by atoms with E-state index in [1.165, 1.54) is 37.2 Å². The molecular weight excluding hydrogens is 348 g/mol. The first-order valence-corrected chi connectivity index (χ1v) is 9.43. The Hall–Kier alpha value is -2.39. The zero-order chi connectivity index (χ0) is 18.4. The van der Waals surface area contributed by atoms with Gasteiger partial charge in [-0.1, -0.05) is 0 Å². The number of rotatable bonds is 5. The van der Waals surface area contributed by atoms with E-state index >= 15 is 0 Å². The highest BCUT2D eigenvalue weighted by molar-refractivity contribution is 7.90. The molecule has 0 amide bonds. The number of benzene rings is 1. The van der Waals surface area contributed by atoms with Crippen LogP contribution in [0.1, 0.15) is 21.5 Å². The normalized spacial score (nSPS) is 16.5. The number of methoxy groups -OCH3 is 1. The van der Waals surface area contributed by atoms with Crippen molar-refractivity contribution in [2.75, 3.05) is 20.0 Å². The Labute approximate surface area is 144 Å². The summed E-state index contributed by atoms with van der Waals surface area (Å²) < 4.78 is 36.0. The predicted molar refractivity (Wildman–Crippen MR) is 89.0 cm³/mol. The lowest BCUT2D eigenvalue weighted by Crippen LogP contribution is -2.21. The lowest BCUT2D eigenvalue weighted by Gasteiger charge is -2.11. The molecule has 1 aromatic heterocycles. The van der Waals surface area contributed by atoms with Crippen molar-refractivity contribution in [1.29, 1.82) is 0 Å². The van der Waals surface area contributed by atoms with Gasteiger partial charge in [-0.25, -0.2) is 8.42 Å². The number of carbonyl (C=O) groups is 1. The van der Waals surface area contributed by atoms with Crippen molar-refractivity contribution in [3.8, 4) is 5.75 Å². The largest absolute Gasteiger partial charge is 0.486 e. The number of aromatic amines is 1. The Morgan fingerprint density at radius 1 is 1.40 bits per heavy atom. The first kappa shape index (κ1) is 17.4. The monoisotopic (exact) mass is 366 g/mol. The highest BCUT2D eigenvalue weighted by Gasteiger charge is 2.33. The fourth-order valence-electron chi connectivity index (χ4n) is 2.93. The van der Waals surface area contributed by atoms with Crippen LogP contribution in [0.4, 0.5) is 0 Å². The highest BCUT2D eigenvalue weighted by atomic mass is 32.2.